The fourth-order valence-corrected chi connectivity index (χ4v) is 3.19. The maximum atomic E-state index is 10.6. The van der Waals surface area contributed by atoms with Gasteiger partial charge < -0.3 is 9.84 Å². The lowest BCUT2D eigenvalue weighted by Gasteiger charge is -2.34. The van der Waals surface area contributed by atoms with Crippen LogP contribution in [0, 0.1) is 11.8 Å². The molecule has 1 N–H and O–H groups in total. The third-order valence-electron chi connectivity index (χ3n) is 5.12. The van der Waals surface area contributed by atoms with Gasteiger partial charge in [0.15, 0.2) is 0 Å². The van der Waals surface area contributed by atoms with Crippen molar-refractivity contribution < 1.29 is 27.8 Å². The van der Waals surface area contributed by atoms with E-state index in [-0.39, 0.29) is 0 Å². The molecule has 2 fully saturated rings. The van der Waals surface area contributed by atoms with Gasteiger partial charge in [-0.2, -0.15) is 13.2 Å². The molecule has 27 heavy (non-hydrogen) atoms. The molecule has 0 amide bonds. The minimum Gasteiger partial charge on any atom is -0.475 e. The summed E-state index contributed by atoms with van der Waals surface area (Å²) in [5.74, 6) is -1.01. The molecule has 152 valence electrons. The number of ether oxygens (including phenoxy) is 1. The van der Waals surface area contributed by atoms with Gasteiger partial charge in [0.2, 0.25) is 0 Å². The molecule has 0 aromatic carbocycles. The van der Waals surface area contributed by atoms with E-state index in [2.05, 4.69) is 15.2 Å². The van der Waals surface area contributed by atoms with Crippen LogP contribution in [0.4, 0.5) is 13.2 Å². The molecule has 0 saturated heterocycles. The van der Waals surface area contributed by atoms with E-state index in [1.165, 1.54) is 37.9 Å². The Kier molecular flexibility index (Phi) is 6.05. The fraction of sp³-hybridized carbons (Fsp3) is 0.824. The molecule has 4 rings (SSSR count). The van der Waals surface area contributed by atoms with Gasteiger partial charge in [-0.05, 0) is 37.5 Å². The van der Waals surface area contributed by atoms with Crippen molar-refractivity contribution in [3.05, 3.63) is 11.4 Å². The van der Waals surface area contributed by atoms with Crippen LogP contribution in [0.1, 0.15) is 43.1 Å². The first-order chi connectivity index (χ1) is 12.8. The summed E-state index contributed by atoms with van der Waals surface area (Å²) in [5, 5.41) is 15.8. The van der Waals surface area contributed by atoms with E-state index in [4.69, 9.17) is 14.6 Å². The number of carbonyl (C=O) groups is 1. The van der Waals surface area contributed by atoms with Gasteiger partial charge in [0.1, 0.15) is 5.69 Å². The number of fused-ring (bicyclic) bond motifs is 1. The summed E-state index contributed by atoms with van der Waals surface area (Å²) in [7, 11) is 2.00. The van der Waals surface area contributed by atoms with Crippen molar-refractivity contribution in [2.45, 2.75) is 44.3 Å². The number of halogens is 3. The Balaban J connectivity index is 0.000000260. The monoisotopic (exact) mass is 390 g/mol. The maximum absolute atomic E-state index is 10.6. The van der Waals surface area contributed by atoms with Crippen molar-refractivity contribution in [2.75, 3.05) is 26.3 Å². The van der Waals surface area contributed by atoms with Crippen LogP contribution in [0.25, 0.3) is 0 Å². The number of hydrogen-bond donors (Lipinski definition) is 1. The average Bonchev–Trinajstić information content (AvgIpc) is 3.50. The third kappa shape index (κ3) is 5.65. The maximum Gasteiger partial charge on any atom is 0.490 e. The molecule has 2 aliphatic carbocycles. The van der Waals surface area contributed by atoms with E-state index in [1.807, 2.05) is 11.7 Å². The van der Waals surface area contributed by atoms with Crippen molar-refractivity contribution in [1.82, 2.24) is 19.9 Å². The summed E-state index contributed by atoms with van der Waals surface area (Å²) in [6.45, 7) is 4.06. The van der Waals surface area contributed by atoms with Gasteiger partial charge in [0.25, 0.3) is 0 Å². The number of aryl methyl sites for hydroxylation is 1. The Morgan fingerprint density at radius 3 is 2.41 bits per heavy atom. The van der Waals surface area contributed by atoms with E-state index in [1.54, 1.807) is 0 Å². The quantitative estimate of drug-likeness (QED) is 0.802. The molecule has 0 spiro atoms. The number of rotatable bonds is 6. The molecule has 0 radical (unpaired) electrons. The zero-order valence-electron chi connectivity index (χ0n) is 15.3. The molecule has 1 aliphatic heterocycles. The van der Waals surface area contributed by atoms with Gasteiger partial charge >= 0.3 is 12.1 Å². The lowest BCUT2D eigenvalue weighted by molar-refractivity contribution is -0.192. The van der Waals surface area contributed by atoms with Gasteiger partial charge in [-0.15, -0.1) is 5.10 Å². The molecule has 1 aromatic heterocycles. The molecule has 1 unspecified atom stereocenters. The van der Waals surface area contributed by atoms with E-state index < -0.39 is 12.1 Å². The lowest BCUT2D eigenvalue weighted by Crippen LogP contribution is -2.39. The van der Waals surface area contributed by atoms with Crippen LogP contribution in [-0.2, 0) is 23.0 Å². The summed E-state index contributed by atoms with van der Waals surface area (Å²) in [6, 6.07) is 0.326. The van der Waals surface area contributed by atoms with Crippen LogP contribution in [0.3, 0.4) is 0 Å². The Bertz CT molecular complexity index is 656. The Morgan fingerprint density at radius 1 is 1.22 bits per heavy atom. The zero-order chi connectivity index (χ0) is 19.6. The van der Waals surface area contributed by atoms with Gasteiger partial charge in [-0.25, -0.2) is 4.79 Å². The topological polar surface area (TPSA) is 80.5 Å². The number of alkyl halides is 3. The highest BCUT2D eigenvalue weighted by Gasteiger charge is 2.38. The number of nitrogens with zero attached hydrogens (tertiary/aromatic N) is 4. The molecule has 7 nitrogen and oxygen atoms in total. The molecule has 0 bridgehead atoms. The van der Waals surface area contributed by atoms with Gasteiger partial charge in [0.05, 0.1) is 18.3 Å². The first-order valence-corrected chi connectivity index (χ1v) is 9.26. The summed E-state index contributed by atoms with van der Waals surface area (Å²) >= 11 is 0. The first kappa shape index (κ1) is 20.1. The highest BCUT2D eigenvalue weighted by Crippen LogP contribution is 2.36. The summed E-state index contributed by atoms with van der Waals surface area (Å²) in [4.78, 5) is 11.5. The van der Waals surface area contributed by atoms with Gasteiger partial charge in [0, 0.05) is 33.2 Å². The van der Waals surface area contributed by atoms with Crippen LogP contribution >= 0.6 is 0 Å². The molecule has 10 heteroatoms. The highest BCUT2D eigenvalue weighted by atomic mass is 19.4. The second-order valence-corrected chi connectivity index (χ2v) is 7.53. The summed E-state index contributed by atoms with van der Waals surface area (Å²) in [6.07, 6.45) is 1.50. The van der Waals surface area contributed by atoms with E-state index >= 15 is 0 Å². The normalized spacial score (nSPS) is 22.7. The molecular weight excluding hydrogens is 365 g/mol. The SMILES string of the molecule is Cn1nnc2c1CCN(CC1CC1)C2COCC1CC1.O=C(O)C(F)(F)F. The standard InChI is InChI=1S/C15H24N4O.C2HF3O2/c1-18-13-6-7-19(8-11-2-3-11)14(15(13)16-17-18)10-20-9-12-4-5-12;3-2(4,5)1(6)7/h11-12,14H,2-10H2,1H3;(H,6,7). The van der Waals surface area contributed by atoms with Crippen LogP contribution < -0.4 is 0 Å². The smallest absolute Gasteiger partial charge is 0.475 e. The number of aromatic nitrogens is 3. The summed E-state index contributed by atoms with van der Waals surface area (Å²) < 4.78 is 39.7. The third-order valence-corrected chi connectivity index (χ3v) is 5.12. The Labute approximate surface area is 155 Å². The fourth-order valence-electron chi connectivity index (χ4n) is 3.19. The van der Waals surface area contributed by atoms with Crippen molar-refractivity contribution in [2.24, 2.45) is 18.9 Å². The minimum atomic E-state index is -5.08. The second kappa shape index (κ2) is 8.14. The minimum absolute atomic E-state index is 0.326. The van der Waals surface area contributed by atoms with Crippen molar-refractivity contribution in [3.8, 4) is 0 Å². The average molecular weight is 390 g/mol. The Morgan fingerprint density at radius 2 is 1.85 bits per heavy atom. The first-order valence-electron chi connectivity index (χ1n) is 9.26. The van der Waals surface area contributed by atoms with Crippen LogP contribution in [0.15, 0.2) is 0 Å². The lowest BCUT2D eigenvalue weighted by atomic mass is 10.0. The van der Waals surface area contributed by atoms with Gasteiger partial charge in [-0.1, -0.05) is 5.21 Å². The number of aliphatic carboxylic acids is 1. The second-order valence-electron chi connectivity index (χ2n) is 7.53. The van der Waals surface area contributed by atoms with Crippen LogP contribution in [-0.4, -0.2) is 63.4 Å². The molecular formula is C17H25F3N4O3. The molecule has 1 aromatic rings. The van der Waals surface area contributed by atoms with Crippen molar-refractivity contribution >= 4 is 5.97 Å². The molecule has 3 aliphatic rings. The summed E-state index contributed by atoms with van der Waals surface area (Å²) in [5.41, 5.74) is 2.47. The van der Waals surface area contributed by atoms with Crippen LogP contribution in [0.2, 0.25) is 0 Å². The Hall–Kier alpha value is -1.68. The van der Waals surface area contributed by atoms with Crippen molar-refractivity contribution in [1.29, 1.82) is 0 Å². The molecule has 1 atom stereocenters. The largest absolute Gasteiger partial charge is 0.490 e. The molecule has 2 heterocycles. The predicted molar refractivity (Wildman–Crippen MR) is 89.0 cm³/mol. The zero-order valence-corrected chi connectivity index (χ0v) is 15.3. The number of hydrogen-bond acceptors (Lipinski definition) is 5. The highest BCUT2D eigenvalue weighted by molar-refractivity contribution is 5.73. The number of carboxylic acids is 1. The van der Waals surface area contributed by atoms with E-state index in [0.29, 0.717) is 6.04 Å². The van der Waals surface area contributed by atoms with Gasteiger partial charge in [-0.3, -0.25) is 9.58 Å². The van der Waals surface area contributed by atoms with Crippen molar-refractivity contribution in [3.63, 3.8) is 0 Å². The van der Waals surface area contributed by atoms with E-state index in [0.717, 1.165) is 43.7 Å². The number of carboxylic acid groups (broad SMARTS) is 1. The predicted octanol–water partition coefficient (Wildman–Crippen LogP) is 2.18. The molecule has 2 saturated carbocycles. The van der Waals surface area contributed by atoms with E-state index in [9.17, 15) is 13.2 Å². The van der Waals surface area contributed by atoms with Crippen LogP contribution in [0.5, 0.6) is 0 Å².